The molecule has 0 aliphatic rings. The molecular formula is C17H17NO4S. The van der Waals surface area contributed by atoms with E-state index in [0.29, 0.717) is 4.88 Å². The van der Waals surface area contributed by atoms with Gasteiger partial charge in [-0.05, 0) is 24.4 Å². The molecule has 0 N–H and O–H groups in total. The fourth-order valence-electron chi connectivity index (χ4n) is 2.04. The lowest BCUT2D eigenvalue weighted by atomic mass is 10.0. The van der Waals surface area contributed by atoms with Crippen LogP contribution in [0.25, 0.3) is 0 Å². The van der Waals surface area contributed by atoms with Crippen molar-refractivity contribution in [3.63, 3.8) is 0 Å². The minimum atomic E-state index is -0.914. The van der Waals surface area contributed by atoms with Crippen LogP contribution in [0.1, 0.15) is 32.5 Å². The molecule has 23 heavy (non-hydrogen) atoms. The largest absolute Gasteiger partial charge is 0.449 e. The van der Waals surface area contributed by atoms with Gasteiger partial charge in [-0.2, -0.15) is 0 Å². The van der Waals surface area contributed by atoms with Gasteiger partial charge in [-0.3, -0.25) is 9.59 Å². The molecule has 0 radical (unpaired) electrons. The zero-order chi connectivity index (χ0) is 17.0. The van der Waals surface area contributed by atoms with Gasteiger partial charge in [-0.25, -0.2) is 4.79 Å². The molecule has 2 aromatic rings. The number of amides is 1. The number of benzene rings is 1. The normalized spacial score (nSPS) is 11.6. The Bertz CT molecular complexity index is 722. The maximum Gasteiger partial charge on any atom is 0.339 e. The van der Waals surface area contributed by atoms with E-state index in [1.807, 2.05) is 0 Å². The second kappa shape index (κ2) is 7.19. The molecule has 5 nitrogen and oxygen atoms in total. The molecule has 0 saturated heterocycles. The first-order valence-electron chi connectivity index (χ1n) is 7.01. The van der Waals surface area contributed by atoms with Gasteiger partial charge in [0.2, 0.25) is 5.78 Å². The zero-order valence-corrected chi connectivity index (χ0v) is 13.9. The Morgan fingerprint density at radius 2 is 1.70 bits per heavy atom. The van der Waals surface area contributed by atoms with E-state index in [-0.39, 0.29) is 22.8 Å². The minimum absolute atomic E-state index is 0.157. The number of carbonyl (C=O) groups is 3. The second-order valence-electron chi connectivity index (χ2n) is 5.13. The number of carbonyl (C=O) groups excluding carboxylic acids is 3. The molecule has 1 aromatic carbocycles. The number of hydrogen-bond donors (Lipinski definition) is 0. The van der Waals surface area contributed by atoms with Crippen LogP contribution in [0.2, 0.25) is 0 Å². The lowest BCUT2D eigenvalue weighted by Crippen LogP contribution is -2.35. The van der Waals surface area contributed by atoms with Crippen LogP contribution in [-0.2, 0) is 9.53 Å². The first kappa shape index (κ1) is 16.9. The van der Waals surface area contributed by atoms with Crippen molar-refractivity contribution in [3.05, 3.63) is 57.8 Å². The van der Waals surface area contributed by atoms with Gasteiger partial charge in [-0.1, -0.05) is 24.3 Å². The number of thiophene rings is 1. The Hall–Kier alpha value is -2.47. The highest BCUT2D eigenvalue weighted by Crippen LogP contribution is 2.19. The van der Waals surface area contributed by atoms with Crippen LogP contribution in [-0.4, -0.2) is 42.8 Å². The third kappa shape index (κ3) is 3.84. The Balaban J connectivity index is 2.25. The van der Waals surface area contributed by atoms with Crippen molar-refractivity contribution < 1.29 is 19.1 Å². The number of ketones is 1. The molecule has 0 unspecified atom stereocenters. The van der Waals surface area contributed by atoms with Gasteiger partial charge >= 0.3 is 5.97 Å². The standard InChI is InChI=1S/C17H17NO4S/c1-11(16(20)18(2)3)22-17(21)13-8-5-4-7-12(13)15(19)14-9-6-10-23-14/h4-11H,1-3H3/t11-/m1/s1. The molecule has 0 bridgehead atoms. The van der Waals surface area contributed by atoms with Crippen molar-refractivity contribution >= 4 is 29.0 Å². The Morgan fingerprint density at radius 1 is 1.04 bits per heavy atom. The van der Waals surface area contributed by atoms with Crippen LogP contribution < -0.4 is 0 Å². The summed E-state index contributed by atoms with van der Waals surface area (Å²) in [7, 11) is 3.17. The average Bonchev–Trinajstić information content (AvgIpc) is 3.07. The van der Waals surface area contributed by atoms with Gasteiger partial charge in [-0.15, -0.1) is 11.3 Å². The van der Waals surface area contributed by atoms with E-state index in [1.165, 1.54) is 29.2 Å². The number of nitrogens with zero attached hydrogens (tertiary/aromatic N) is 1. The molecule has 1 amide bonds. The van der Waals surface area contributed by atoms with Crippen molar-refractivity contribution in [2.45, 2.75) is 13.0 Å². The van der Waals surface area contributed by atoms with Gasteiger partial charge < -0.3 is 9.64 Å². The summed E-state index contributed by atoms with van der Waals surface area (Å²) in [4.78, 5) is 38.5. The molecule has 0 saturated carbocycles. The lowest BCUT2D eigenvalue weighted by Gasteiger charge is -2.17. The molecular weight excluding hydrogens is 314 g/mol. The number of esters is 1. The fraction of sp³-hybridized carbons (Fsp3) is 0.235. The van der Waals surface area contributed by atoms with E-state index in [2.05, 4.69) is 0 Å². The average molecular weight is 331 g/mol. The van der Waals surface area contributed by atoms with Crippen LogP contribution in [0.15, 0.2) is 41.8 Å². The Morgan fingerprint density at radius 3 is 2.26 bits per heavy atom. The SMILES string of the molecule is C[C@@H](OC(=O)c1ccccc1C(=O)c1cccs1)C(=O)N(C)C. The third-order valence-corrected chi connectivity index (χ3v) is 4.08. The molecule has 1 aromatic heterocycles. The smallest absolute Gasteiger partial charge is 0.339 e. The summed E-state index contributed by atoms with van der Waals surface area (Å²) in [5.74, 6) is -1.24. The summed E-state index contributed by atoms with van der Waals surface area (Å²) in [5, 5.41) is 1.80. The summed E-state index contributed by atoms with van der Waals surface area (Å²) in [6.45, 7) is 1.50. The van der Waals surface area contributed by atoms with Crippen molar-refractivity contribution in [2.75, 3.05) is 14.1 Å². The molecule has 120 valence electrons. The number of likely N-dealkylation sites (N-methyl/N-ethyl adjacent to an activating group) is 1. The molecule has 0 aliphatic heterocycles. The monoisotopic (exact) mass is 331 g/mol. The Labute approximate surface area is 138 Å². The highest BCUT2D eigenvalue weighted by atomic mass is 32.1. The van der Waals surface area contributed by atoms with E-state index in [9.17, 15) is 14.4 Å². The maximum absolute atomic E-state index is 12.5. The molecule has 0 spiro atoms. The molecule has 1 heterocycles. The van der Waals surface area contributed by atoms with E-state index in [1.54, 1.807) is 49.8 Å². The van der Waals surface area contributed by atoms with Crippen LogP contribution in [0.5, 0.6) is 0 Å². The molecule has 0 aliphatic carbocycles. The van der Waals surface area contributed by atoms with Crippen molar-refractivity contribution in [3.8, 4) is 0 Å². The van der Waals surface area contributed by atoms with Gasteiger partial charge in [0.25, 0.3) is 5.91 Å². The maximum atomic E-state index is 12.5. The van der Waals surface area contributed by atoms with Crippen LogP contribution in [0, 0.1) is 0 Å². The molecule has 6 heteroatoms. The van der Waals surface area contributed by atoms with Gasteiger partial charge in [0.05, 0.1) is 10.4 Å². The van der Waals surface area contributed by atoms with Gasteiger partial charge in [0.15, 0.2) is 6.10 Å². The number of rotatable bonds is 5. The Kier molecular flexibility index (Phi) is 5.28. The third-order valence-electron chi connectivity index (χ3n) is 3.21. The summed E-state index contributed by atoms with van der Waals surface area (Å²) >= 11 is 1.31. The number of hydrogen-bond acceptors (Lipinski definition) is 5. The topological polar surface area (TPSA) is 63.7 Å². The van der Waals surface area contributed by atoms with E-state index < -0.39 is 12.1 Å². The van der Waals surface area contributed by atoms with Crippen molar-refractivity contribution in [1.82, 2.24) is 4.90 Å². The molecule has 2 rings (SSSR count). The highest BCUT2D eigenvalue weighted by Gasteiger charge is 2.24. The summed E-state index contributed by atoms with van der Waals surface area (Å²) in [6, 6.07) is 9.92. The van der Waals surface area contributed by atoms with Crippen LogP contribution >= 0.6 is 11.3 Å². The molecule has 0 fully saturated rings. The minimum Gasteiger partial charge on any atom is -0.449 e. The first-order valence-corrected chi connectivity index (χ1v) is 7.89. The van der Waals surface area contributed by atoms with Crippen LogP contribution in [0.3, 0.4) is 0 Å². The summed E-state index contributed by atoms with van der Waals surface area (Å²) in [5.41, 5.74) is 0.425. The predicted molar refractivity (Wildman–Crippen MR) is 87.8 cm³/mol. The van der Waals surface area contributed by atoms with Gasteiger partial charge in [0.1, 0.15) is 0 Å². The summed E-state index contributed by atoms with van der Waals surface area (Å²) < 4.78 is 5.19. The van der Waals surface area contributed by atoms with Crippen molar-refractivity contribution in [1.29, 1.82) is 0 Å². The van der Waals surface area contributed by atoms with Gasteiger partial charge in [0, 0.05) is 19.7 Å². The van der Waals surface area contributed by atoms with E-state index in [4.69, 9.17) is 4.74 Å². The summed E-state index contributed by atoms with van der Waals surface area (Å²) in [6.07, 6.45) is -0.914. The second-order valence-corrected chi connectivity index (χ2v) is 6.08. The first-order chi connectivity index (χ1) is 10.9. The molecule has 1 atom stereocenters. The predicted octanol–water partition coefficient (Wildman–Crippen LogP) is 2.61. The quantitative estimate of drug-likeness (QED) is 0.624. The van der Waals surface area contributed by atoms with Crippen LogP contribution in [0.4, 0.5) is 0 Å². The fourth-order valence-corrected chi connectivity index (χ4v) is 2.72. The zero-order valence-electron chi connectivity index (χ0n) is 13.1. The lowest BCUT2D eigenvalue weighted by molar-refractivity contribution is -0.137. The van der Waals surface area contributed by atoms with E-state index >= 15 is 0 Å². The highest BCUT2D eigenvalue weighted by molar-refractivity contribution is 7.12. The van der Waals surface area contributed by atoms with Crippen molar-refractivity contribution in [2.24, 2.45) is 0 Å². The number of ether oxygens (including phenoxy) is 1. The van der Waals surface area contributed by atoms with E-state index in [0.717, 1.165) is 0 Å².